The van der Waals surface area contributed by atoms with E-state index in [0.717, 1.165) is 18.7 Å². The summed E-state index contributed by atoms with van der Waals surface area (Å²) in [7, 11) is 0. The van der Waals surface area contributed by atoms with Gasteiger partial charge in [-0.2, -0.15) is 0 Å². The Kier molecular flexibility index (Phi) is 4.20. The lowest BCUT2D eigenvalue weighted by atomic mass is 10.3. The van der Waals surface area contributed by atoms with E-state index in [4.69, 9.17) is 10.5 Å². The van der Waals surface area contributed by atoms with E-state index in [1.54, 1.807) is 24.5 Å². The molecule has 0 bridgehead atoms. The molecular formula is C13H14FN3O. The quantitative estimate of drug-likeness (QED) is 0.880. The van der Waals surface area contributed by atoms with Crippen LogP contribution in [0.5, 0.6) is 11.5 Å². The number of nitrogens with zero attached hydrogens (tertiary/aromatic N) is 2. The predicted octanol–water partition coefficient (Wildman–Crippen LogP) is 2.30. The van der Waals surface area contributed by atoms with Crippen molar-refractivity contribution in [2.45, 2.75) is 12.8 Å². The van der Waals surface area contributed by atoms with Crippen LogP contribution < -0.4 is 10.5 Å². The SMILES string of the molecule is NCCCc1ncc(Oc2ccc(F)cc2)cn1. The molecule has 1 heterocycles. The maximum atomic E-state index is 12.7. The van der Waals surface area contributed by atoms with E-state index in [2.05, 4.69) is 9.97 Å². The molecule has 4 nitrogen and oxygen atoms in total. The van der Waals surface area contributed by atoms with Crippen LogP contribution in [0.1, 0.15) is 12.2 Å². The van der Waals surface area contributed by atoms with Gasteiger partial charge in [-0.25, -0.2) is 14.4 Å². The van der Waals surface area contributed by atoms with Crippen LogP contribution in [0.3, 0.4) is 0 Å². The van der Waals surface area contributed by atoms with Crippen molar-refractivity contribution in [3.8, 4) is 11.5 Å². The summed E-state index contributed by atoms with van der Waals surface area (Å²) in [5.41, 5.74) is 5.41. The van der Waals surface area contributed by atoms with Gasteiger partial charge in [0, 0.05) is 6.42 Å². The zero-order valence-corrected chi connectivity index (χ0v) is 9.84. The van der Waals surface area contributed by atoms with Gasteiger partial charge in [0.2, 0.25) is 0 Å². The first kappa shape index (κ1) is 12.4. The Balaban J connectivity index is 1.99. The number of hydrogen-bond acceptors (Lipinski definition) is 4. The number of ether oxygens (including phenoxy) is 1. The van der Waals surface area contributed by atoms with E-state index in [0.29, 0.717) is 18.0 Å². The summed E-state index contributed by atoms with van der Waals surface area (Å²) >= 11 is 0. The van der Waals surface area contributed by atoms with Gasteiger partial charge in [0.05, 0.1) is 12.4 Å². The number of aromatic nitrogens is 2. The molecule has 0 atom stereocenters. The summed E-state index contributed by atoms with van der Waals surface area (Å²) in [5.74, 6) is 1.52. The molecule has 1 aromatic carbocycles. The highest BCUT2D eigenvalue weighted by Gasteiger charge is 2.00. The summed E-state index contributed by atoms with van der Waals surface area (Å²) in [6.45, 7) is 0.622. The summed E-state index contributed by atoms with van der Waals surface area (Å²) in [4.78, 5) is 8.33. The highest BCUT2D eigenvalue weighted by Crippen LogP contribution is 2.19. The van der Waals surface area contributed by atoms with Crippen molar-refractivity contribution in [3.63, 3.8) is 0 Å². The molecule has 0 spiro atoms. The number of nitrogens with two attached hydrogens (primary N) is 1. The van der Waals surface area contributed by atoms with Crippen LogP contribution in [0, 0.1) is 5.82 Å². The maximum absolute atomic E-state index is 12.7. The van der Waals surface area contributed by atoms with Crippen LogP contribution in [-0.2, 0) is 6.42 Å². The molecule has 0 aliphatic heterocycles. The standard InChI is InChI=1S/C13H14FN3O/c14-10-3-5-11(6-4-10)18-12-8-16-13(17-9-12)2-1-7-15/h3-6,8-9H,1-2,7,15H2. The third kappa shape index (κ3) is 3.49. The second-order valence-electron chi connectivity index (χ2n) is 3.78. The molecular weight excluding hydrogens is 233 g/mol. The average molecular weight is 247 g/mol. The molecule has 0 saturated heterocycles. The lowest BCUT2D eigenvalue weighted by molar-refractivity contribution is 0.474. The van der Waals surface area contributed by atoms with Crippen molar-refractivity contribution in [2.75, 3.05) is 6.54 Å². The molecule has 0 radical (unpaired) electrons. The minimum absolute atomic E-state index is 0.296. The van der Waals surface area contributed by atoms with Crippen molar-refractivity contribution < 1.29 is 9.13 Å². The van der Waals surface area contributed by atoms with E-state index in [-0.39, 0.29) is 5.82 Å². The fourth-order valence-corrected chi connectivity index (χ4v) is 1.42. The molecule has 0 aliphatic carbocycles. The molecule has 0 unspecified atom stereocenters. The Hall–Kier alpha value is -2.01. The minimum atomic E-state index is -0.296. The summed E-state index contributed by atoms with van der Waals surface area (Å²) in [6.07, 6.45) is 4.82. The molecule has 0 saturated carbocycles. The molecule has 0 aliphatic rings. The van der Waals surface area contributed by atoms with Gasteiger partial charge in [-0.3, -0.25) is 0 Å². The largest absolute Gasteiger partial charge is 0.454 e. The number of halogens is 1. The van der Waals surface area contributed by atoms with Crippen LogP contribution in [0.15, 0.2) is 36.7 Å². The molecule has 0 amide bonds. The molecule has 94 valence electrons. The van der Waals surface area contributed by atoms with E-state index >= 15 is 0 Å². The normalized spacial score (nSPS) is 10.3. The number of rotatable bonds is 5. The monoisotopic (exact) mass is 247 g/mol. The second-order valence-corrected chi connectivity index (χ2v) is 3.78. The van der Waals surface area contributed by atoms with Crippen molar-refractivity contribution >= 4 is 0 Å². The first-order chi connectivity index (χ1) is 8.78. The number of aryl methyl sites for hydroxylation is 1. The molecule has 2 aromatic rings. The van der Waals surface area contributed by atoms with E-state index < -0.39 is 0 Å². The van der Waals surface area contributed by atoms with Crippen LogP contribution in [-0.4, -0.2) is 16.5 Å². The Morgan fingerprint density at radius 2 is 1.72 bits per heavy atom. The van der Waals surface area contributed by atoms with Gasteiger partial charge in [0.25, 0.3) is 0 Å². The Bertz CT molecular complexity index is 485. The third-order valence-corrected chi connectivity index (χ3v) is 2.34. The lowest BCUT2D eigenvalue weighted by Gasteiger charge is -2.05. The Morgan fingerprint density at radius 3 is 2.33 bits per heavy atom. The highest BCUT2D eigenvalue weighted by molar-refractivity contribution is 5.28. The van der Waals surface area contributed by atoms with Crippen LogP contribution in [0.4, 0.5) is 4.39 Å². The van der Waals surface area contributed by atoms with Gasteiger partial charge in [-0.05, 0) is 37.2 Å². The van der Waals surface area contributed by atoms with Gasteiger partial charge < -0.3 is 10.5 Å². The van der Waals surface area contributed by atoms with Crippen LogP contribution in [0.25, 0.3) is 0 Å². The fourth-order valence-electron chi connectivity index (χ4n) is 1.42. The van der Waals surface area contributed by atoms with Crippen LogP contribution >= 0.6 is 0 Å². The van der Waals surface area contributed by atoms with Crippen molar-refractivity contribution in [2.24, 2.45) is 5.73 Å². The number of hydrogen-bond donors (Lipinski definition) is 1. The summed E-state index contributed by atoms with van der Waals surface area (Å²) in [5, 5.41) is 0. The molecule has 18 heavy (non-hydrogen) atoms. The van der Waals surface area contributed by atoms with Crippen molar-refractivity contribution in [1.82, 2.24) is 9.97 Å². The first-order valence-electron chi connectivity index (χ1n) is 5.72. The van der Waals surface area contributed by atoms with Gasteiger partial charge >= 0.3 is 0 Å². The molecule has 2 rings (SSSR count). The van der Waals surface area contributed by atoms with Gasteiger partial charge in [-0.15, -0.1) is 0 Å². The molecule has 2 N–H and O–H groups in total. The van der Waals surface area contributed by atoms with Crippen molar-refractivity contribution in [1.29, 1.82) is 0 Å². The Morgan fingerprint density at radius 1 is 1.06 bits per heavy atom. The van der Waals surface area contributed by atoms with Crippen LogP contribution in [0.2, 0.25) is 0 Å². The summed E-state index contributed by atoms with van der Waals surface area (Å²) < 4.78 is 18.2. The third-order valence-electron chi connectivity index (χ3n) is 2.34. The summed E-state index contributed by atoms with van der Waals surface area (Å²) in [6, 6.07) is 5.78. The number of benzene rings is 1. The van der Waals surface area contributed by atoms with Gasteiger partial charge in [0.15, 0.2) is 5.75 Å². The van der Waals surface area contributed by atoms with E-state index in [1.807, 2.05) is 0 Å². The fraction of sp³-hybridized carbons (Fsp3) is 0.231. The molecule has 5 heteroatoms. The topological polar surface area (TPSA) is 61.0 Å². The second kappa shape index (κ2) is 6.07. The predicted molar refractivity (Wildman–Crippen MR) is 65.9 cm³/mol. The first-order valence-corrected chi connectivity index (χ1v) is 5.72. The van der Waals surface area contributed by atoms with Gasteiger partial charge in [-0.1, -0.05) is 0 Å². The minimum Gasteiger partial charge on any atom is -0.454 e. The maximum Gasteiger partial charge on any atom is 0.164 e. The van der Waals surface area contributed by atoms with E-state index in [9.17, 15) is 4.39 Å². The van der Waals surface area contributed by atoms with Gasteiger partial charge in [0.1, 0.15) is 17.4 Å². The highest BCUT2D eigenvalue weighted by atomic mass is 19.1. The molecule has 0 fully saturated rings. The van der Waals surface area contributed by atoms with E-state index in [1.165, 1.54) is 12.1 Å². The average Bonchev–Trinajstić information content (AvgIpc) is 2.41. The zero-order chi connectivity index (χ0) is 12.8. The molecule has 1 aromatic heterocycles. The zero-order valence-electron chi connectivity index (χ0n) is 9.84. The smallest absolute Gasteiger partial charge is 0.164 e. The van der Waals surface area contributed by atoms with Crippen molar-refractivity contribution in [3.05, 3.63) is 48.3 Å². The Labute approximate surface area is 105 Å². The lowest BCUT2D eigenvalue weighted by Crippen LogP contribution is -2.03.